The molecule has 100 valence electrons. The Kier molecular flexibility index (Phi) is 5.18. The second-order valence-electron chi connectivity index (χ2n) is 3.70. The van der Waals surface area contributed by atoms with Gasteiger partial charge in [0.25, 0.3) is 0 Å². The van der Waals surface area contributed by atoms with Crippen LogP contribution in [0.2, 0.25) is 0 Å². The quantitative estimate of drug-likeness (QED) is 0.774. The summed E-state index contributed by atoms with van der Waals surface area (Å²) in [5, 5.41) is 8.79. The zero-order valence-corrected chi connectivity index (χ0v) is 11.7. The number of aliphatic carboxylic acids is 1. The van der Waals surface area contributed by atoms with Crippen LogP contribution in [0.25, 0.3) is 0 Å². The van der Waals surface area contributed by atoms with Crippen LogP contribution in [0.5, 0.6) is 0 Å². The molecule has 0 fully saturated rings. The zero-order valence-electron chi connectivity index (χ0n) is 10.1. The van der Waals surface area contributed by atoms with Gasteiger partial charge in [0, 0.05) is 10.6 Å². The third kappa shape index (κ3) is 3.72. The summed E-state index contributed by atoms with van der Waals surface area (Å²) < 4.78 is 25.8. The maximum atomic E-state index is 11.8. The normalized spacial score (nSPS) is 13.2. The molecule has 0 aromatic heterocycles. The number of carboxylic acids is 1. The number of carbonyl (C=O) groups is 1. The van der Waals surface area contributed by atoms with E-state index in [0.29, 0.717) is 10.6 Å². The number of sulfonamides is 1. The van der Waals surface area contributed by atoms with Crippen molar-refractivity contribution in [2.24, 2.45) is 5.92 Å². The molecule has 1 atom stereocenters. The topological polar surface area (TPSA) is 83.5 Å². The fraction of sp³-hybridized carbons (Fsp3) is 0.364. The predicted octanol–water partition coefficient (Wildman–Crippen LogP) is 1.41. The third-order valence-electron chi connectivity index (χ3n) is 2.32. The Bertz CT molecular complexity index is 528. The molecule has 5 nitrogen and oxygen atoms in total. The van der Waals surface area contributed by atoms with E-state index in [0.717, 1.165) is 0 Å². The lowest BCUT2D eigenvalue weighted by Gasteiger charge is -2.10. The molecule has 0 heterocycles. The number of rotatable bonds is 6. The lowest BCUT2D eigenvalue weighted by molar-refractivity contribution is -0.140. The van der Waals surface area contributed by atoms with Crippen LogP contribution in [0.4, 0.5) is 0 Å². The molecule has 1 aromatic rings. The molecule has 0 saturated heterocycles. The molecule has 0 spiro atoms. The first-order valence-corrected chi connectivity index (χ1v) is 7.73. The molecule has 0 aliphatic carbocycles. The summed E-state index contributed by atoms with van der Waals surface area (Å²) in [5.74, 6) is -1.09. The molecule has 0 amide bonds. The van der Waals surface area contributed by atoms with E-state index >= 15 is 0 Å². The Hall–Kier alpha value is -1.05. The highest BCUT2D eigenvalue weighted by molar-refractivity contribution is 8.00. The maximum Gasteiger partial charge on any atom is 0.307 e. The maximum absolute atomic E-state index is 11.8. The van der Waals surface area contributed by atoms with Crippen LogP contribution in [0, 0.1) is 5.92 Å². The van der Waals surface area contributed by atoms with Gasteiger partial charge in [-0.25, -0.2) is 13.1 Å². The van der Waals surface area contributed by atoms with E-state index in [9.17, 15) is 13.2 Å². The molecule has 0 aliphatic rings. The van der Waals surface area contributed by atoms with E-state index in [1.807, 2.05) is 0 Å². The van der Waals surface area contributed by atoms with Crippen LogP contribution in [0.15, 0.2) is 34.1 Å². The van der Waals surface area contributed by atoms with E-state index in [-0.39, 0.29) is 4.90 Å². The fourth-order valence-corrected chi connectivity index (χ4v) is 3.46. The van der Waals surface area contributed by atoms with Crippen molar-refractivity contribution in [2.45, 2.75) is 16.7 Å². The molecule has 2 N–H and O–H groups in total. The average molecular weight is 289 g/mol. The van der Waals surface area contributed by atoms with Gasteiger partial charge in [-0.1, -0.05) is 19.1 Å². The summed E-state index contributed by atoms with van der Waals surface area (Å²) in [6, 6.07) is 6.53. The van der Waals surface area contributed by atoms with Crippen molar-refractivity contribution < 1.29 is 18.3 Å². The van der Waals surface area contributed by atoms with Crippen molar-refractivity contribution in [3.8, 4) is 0 Å². The second-order valence-corrected chi connectivity index (χ2v) is 6.62. The summed E-state index contributed by atoms with van der Waals surface area (Å²) in [6.07, 6.45) is 0. The SMILES string of the molecule is CNS(=O)(=O)c1ccccc1SCC(C)C(=O)O. The highest BCUT2D eigenvalue weighted by Crippen LogP contribution is 2.27. The van der Waals surface area contributed by atoms with Crippen molar-refractivity contribution in [1.29, 1.82) is 0 Å². The van der Waals surface area contributed by atoms with Gasteiger partial charge in [0.15, 0.2) is 0 Å². The Balaban J connectivity index is 2.94. The minimum atomic E-state index is -3.52. The van der Waals surface area contributed by atoms with Crippen molar-refractivity contribution in [3.05, 3.63) is 24.3 Å². The summed E-state index contributed by atoms with van der Waals surface area (Å²) in [6.45, 7) is 1.59. The number of benzene rings is 1. The average Bonchev–Trinajstić information content (AvgIpc) is 2.36. The molecule has 1 rings (SSSR count). The number of carboxylic acid groups (broad SMARTS) is 1. The first kappa shape index (κ1) is 15.0. The summed E-state index contributed by atoms with van der Waals surface area (Å²) in [4.78, 5) is 11.4. The third-order valence-corrected chi connectivity index (χ3v) is 5.25. The lowest BCUT2D eigenvalue weighted by atomic mass is 10.2. The number of hydrogen-bond acceptors (Lipinski definition) is 4. The predicted molar refractivity (Wildman–Crippen MR) is 70.2 cm³/mol. The smallest absolute Gasteiger partial charge is 0.307 e. The van der Waals surface area contributed by atoms with Gasteiger partial charge in [0.05, 0.1) is 10.8 Å². The molecule has 18 heavy (non-hydrogen) atoms. The van der Waals surface area contributed by atoms with E-state index in [2.05, 4.69) is 4.72 Å². The van der Waals surface area contributed by atoms with Gasteiger partial charge < -0.3 is 5.11 Å². The lowest BCUT2D eigenvalue weighted by Crippen LogP contribution is -2.19. The van der Waals surface area contributed by atoms with Crippen LogP contribution in [0.1, 0.15) is 6.92 Å². The summed E-state index contributed by atoms with van der Waals surface area (Å²) >= 11 is 1.23. The molecule has 1 unspecified atom stereocenters. The molecule has 0 aliphatic heterocycles. The van der Waals surface area contributed by atoms with E-state index in [1.54, 1.807) is 25.1 Å². The molecule has 0 radical (unpaired) electrons. The highest BCUT2D eigenvalue weighted by atomic mass is 32.2. The number of hydrogen-bond donors (Lipinski definition) is 2. The minimum Gasteiger partial charge on any atom is -0.481 e. The van der Waals surface area contributed by atoms with Gasteiger partial charge in [-0.2, -0.15) is 0 Å². The van der Waals surface area contributed by atoms with Gasteiger partial charge >= 0.3 is 5.97 Å². The first-order valence-electron chi connectivity index (χ1n) is 5.26. The van der Waals surface area contributed by atoms with Crippen LogP contribution in [-0.2, 0) is 14.8 Å². The molecule has 1 aromatic carbocycles. The minimum absolute atomic E-state index is 0.176. The van der Waals surface area contributed by atoms with Gasteiger partial charge in [-0.15, -0.1) is 11.8 Å². The molecule has 0 bridgehead atoms. The molecule has 0 saturated carbocycles. The standard InChI is InChI=1S/C11H15NO4S2/c1-8(11(13)14)7-17-9-5-3-4-6-10(9)18(15,16)12-2/h3-6,8,12H,7H2,1-2H3,(H,13,14). The van der Waals surface area contributed by atoms with Gasteiger partial charge in [-0.05, 0) is 19.2 Å². The Morgan fingerprint density at radius 3 is 2.61 bits per heavy atom. The van der Waals surface area contributed by atoms with Crippen LogP contribution in [0.3, 0.4) is 0 Å². The molecular weight excluding hydrogens is 274 g/mol. The molecule has 7 heteroatoms. The van der Waals surface area contributed by atoms with Crippen molar-refractivity contribution in [3.63, 3.8) is 0 Å². The first-order chi connectivity index (χ1) is 8.38. The molecular formula is C11H15NO4S2. The Labute approximate surface area is 111 Å². The summed E-state index contributed by atoms with van der Waals surface area (Å²) in [5.41, 5.74) is 0. The van der Waals surface area contributed by atoms with Crippen molar-refractivity contribution in [2.75, 3.05) is 12.8 Å². The monoisotopic (exact) mass is 289 g/mol. The van der Waals surface area contributed by atoms with Crippen molar-refractivity contribution >= 4 is 27.8 Å². The van der Waals surface area contributed by atoms with Crippen molar-refractivity contribution in [1.82, 2.24) is 4.72 Å². The van der Waals surface area contributed by atoms with Crippen LogP contribution in [-0.4, -0.2) is 32.3 Å². The van der Waals surface area contributed by atoms with Gasteiger partial charge in [0.2, 0.25) is 10.0 Å². The Morgan fingerprint density at radius 2 is 2.06 bits per heavy atom. The number of thioether (sulfide) groups is 1. The largest absolute Gasteiger partial charge is 0.481 e. The van der Waals surface area contributed by atoms with E-state index in [1.165, 1.54) is 24.9 Å². The number of nitrogens with one attached hydrogen (secondary N) is 1. The fourth-order valence-electron chi connectivity index (χ4n) is 1.19. The zero-order chi connectivity index (χ0) is 13.8. The Morgan fingerprint density at radius 1 is 1.44 bits per heavy atom. The summed E-state index contributed by atoms with van der Waals surface area (Å²) in [7, 11) is -2.17. The van der Waals surface area contributed by atoms with Crippen LogP contribution < -0.4 is 4.72 Å². The van der Waals surface area contributed by atoms with Crippen LogP contribution >= 0.6 is 11.8 Å². The van der Waals surface area contributed by atoms with E-state index in [4.69, 9.17) is 5.11 Å². The van der Waals surface area contributed by atoms with E-state index < -0.39 is 21.9 Å². The second kappa shape index (κ2) is 6.21. The van der Waals surface area contributed by atoms with Gasteiger partial charge in [0.1, 0.15) is 0 Å². The highest BCUT2D eigenvalue weighted by Gasteiger charge is 2.18. The van der Waals surface area contributed by atoms with Gasteiger partial charge in [-0.3, -0.25) is 4.79 Å².